The van der Waals surface area contributed by atoms with Gasteiger partial charge in [0.2, 0.25) is 16.8 Å². The molecule has 2 N–H and O–H groups in total. The van der Waals surface area contributed by atoms with Crippen molar-refractivity contribution in [3.05, 3.63) is 54.1 Å². The van der Waals surface area contributed by atoms with Gasteiger partial charge in [-0.25, -0.2) is 13.2 Å². The fourth-order valence-corrected chi connectivity index (χ4v) is 8.73. The Morgan fingerprint density at radius 2 is 1.79 bits per heavy atom. The van der Waals surface area contributed by atoms with Gasteiger partial charge in [0.15, 0.2) is 23.9 Å². The first-order valence-corrected chi connectivity index (χ1v) is 18.8. The number of fused-ring (bicyclic) bond motifs is 2. The first-order chi connectivity index (χ1) is 24.9. The minimum Gasteiger partial charge on any atom is -0.530 e. The Morgan fingerprint density at radius 1 is 1.04 bits per heavy atom. The van der Waals surface area contributed by atoms with Crippen molar-refractivity contribution in [1.29, 1.82) is 0 Å². The van der Waals surface area contributed by atoms with Crippen molar-refractivity contribution in [2.45, 2.75) is 68.6 Å². The summed E-state index contributed by atoms with van der Waals surface area (Å²) in [6.07, 6.45) is -3.82. The van der Waals surface area contributed by atoms with Crippen LogP contribution < -0.4 is 19.9 Å². The third kappa shape index (κ3) is 9.07. The summed E-state index contributed by atoms with van der Waals surface area (Å²) in [6.45, 7) is 4.24. The molecule has 3 fully saturated rings. The highest BCUT2D eigenvalue weighted by Gasteiger charge is 2.47. The van der Waals surface area contributed by atoms with E-state index < -0.39 is 64.8 Å². The van der Waals surface area contributed by atoms with Gasteiger partial charge < -0.3 is 58.4 Å². The third-order valence-electron chi connectivity index (χ3n) is 9.76. The number of benzene rings is 2. The molecule has 286 valence electrons. The van der Waals surface area contributed by atoms with Crippen LogP contribution in [0.3, 0.4) is 0 Å². The molecule has 6 rings (SSSR count). The number of carbonyl (C=O) groups is 2. The van der Waals surface area contributed by atoms with Crippen molar-refractivity contribution in [1.82, 2.24) is 14.5 Å². The molecule has 5 atom stereocenters. The number of carbonyl (C=O) groups excluding carboxylic acids is 2. The molecule has 0 unspecified atom stereocenters. The maximum absolute atomic E-state index is 14.5. The predicted molar refractivity (Wildman–Crippen MR) is 180 cm³/mol. The zero-order valence-electron chi connectivity index (χ0n) is 29.2. The van der Waals surface area contributed by atoms with Gasteiger partial charge in [-0.15, -0.1) is 0 Å². The molecule has 4 aliphatic rings. The van der Waals surface area contributed by atoms with Crippen LogP contribution in [-0.2, 0) is 40.1 Å². The van der Waals surface area contributed by atoms with Crippen LogP contribution in [0, 0.1) is 11.3 Å². The van der Waals surface area contributed by atoms with Gasteiger partial charge in [-0.2, -0.15) is 4.31 Å². The van der Waals surface area contributed by atoms with E-state index in [0.29, 0.717) is 25.2 Å². The molecule has 2 aromatic rings. The summed E-state index contributed by atoms with van der Waals surface area (Å²) < 4.78 is 68.0. The summed E-state index contributed by atoms with van der Waals surface area (Å²) in [7, 11) is -4.33. The van der Waals surface area contributed by atoms with Crippen LogP contribution in [0.2, 0.25) is 0 Å². The highest BCUT2D eigenvalue weighted by Crippen LogP contribution is 2.38. The van der Waals surface area contributed by atoms with Crippen LogP contribution in [0.25, 0.3) is 0 Å². The topological polar surface area (TPSA) is 195 Å². The highest BCUT2D eigenvalue weighted by atomic mass is 32.2. The number of hydrogen-bond acceptors (Lipinski definition) is 13. The number of aliphatic hydroxyl groups is 1. The Labute approximate surface area is 302 Å². The molecule has 4 heterocycles. The number of alkyl carbamates (subject to hydrolysis) is 1. The number of sulfonamides is 1. The van der Waals surface area contributed by atoms with Crippen molar-refractivity contribution < 1.29 is 61.4 Å². The lowest BCUT2D eigenvalue weighted by Gasteiger charge is -2.43. The van der Waals surface area contributed by atoms with Crippen molar-refractivity contribution in [2.75, 3.05) is 59.6 Å². The highest BCUT2D eigenvalue weighted by molar-refractivity contribution is 7.89. The van der Waals surface area contributed by atoms with Crippen molar-refractivity contribution >= 4 is 22.2 Å². The monoisotopic (exact) mass is 748 g/mol. The summed E-state index contributed by atoms with van der Waals surface area (Å²) >= 11 is 0. The van der Waals surface area contributed by atoms with Gasteiger partial charge in [-0.05, 0) is 42.4 Å². The van der Waals surface area contributed by atoms with Gasteiger partial charge in [-0.3, -0.25) is 0 Å². The van der Waals surface area contributed by atoms with Gasteiger partial charge in [0.05, 0.1) is 49.5 Å². The lowest BCUT2D eigenvalue weighted by Crippen LogP contribution is -2.61. The fourth-order valence-electron chi connectivity index (χ4n) is 7.07. The fraction of sp³-hybridized carbons (Fsp3) is 0.600. The summed E-state index contributed by atoms with van der Waals surface area (Å²) in [6, 6.07) is 11.6. The number of carboxylic acid groups (broad SMARTS) is 1. The zero-order valence-corrected chi connectivity index (χ0v) is 30.0. The largest absolute Gasteiger partial charge is 0.530 e. The molecule has 4 aliphatic heterocycles. The molecular formula is C35H46N3O13S-. The van der Waals surface area contributed by atoms with Crippen molar-refractivity contribution in [3.63, 3.8) is 0 Å². The molecule has 0 spiro atoms. The molecule has 2 aromatic carbocycles. The number of nitrogens with one attached hydrogen (secondary N) is 1. The van der Waals surface area contributed by atoms with E-state index in [0.717, 1.165) is 14.8 Å². The minimum absolute atomic E-state index is 0.0454. The van der Waals surface area contributed by atoms with Crippen LogP contribution >= 0.6 is 0 Å². The zero-order chi connectivity index (χ0) is 36.9. The first-order valence-electron chi connectivity index (χ1n) is 17.4. The maximum Gasteiger partial charge on any atom is 0.407 e. The van der Waals surface area contributed by atoms with E-state index in [1.165, 1.54) is 18.2 Å². The smallest absolute Gasteiger partial charge is 0.407 e. The number of aliphatic hydroxyl groups excluding tert-OH is 1. The molecule has 0 aromatic heterocycles. The predicted octanol–water partition coefficient (Wildman–Crippen LogP) is 1.30. The molecule has 3 saturated heterocycles. The van der Waals surface area contributed by atoms with Crippen molar-refractivity contribution in [3.8, 4) is 11.5 Å². The Hall–Kier alpha value is -3.71. The van der Waals surface area contributed by atoms with Crippen LogP contribution in [0.4, 0.5) is 9.59 Å². The number of ether oxygens (including phenoxy) is 7. The lowest BCUT2D eigenvalue weighted by molar-refractivity contribution is -0.273. The summed E-state index contributed by atoms with van der Waals surface area (Å²) in [5, 5.41) is 27.7. The van der Waals surface area contributed by atoms with Crippen molar-refractivity contribution in [2.24, 2.45) is 11.3 Å². The van der Waals surface area contributed by atoms with Gasteiger partial charge in [-0.1, -0.05) is 44.2 Å². The second-order valence-corrected chi connectivity index (χ2v) is 16.1. The minimum atomic E-state index is -4.33. The average molecular weight is 749 g/mol. The summed E-state index contributed by atoms with van der Waals surface area (Å²) in [5.74, 6) is 0.390. The van der Waals surface area contributed by atoms with E-state index in [2.05, 4.69) is 5.32 Å². The standard InChI is InChI=1S/C35H47N3O13S/c1-35(2,11-12-36-33(40)51-24-17-45-21-46-18-24)20-37(52(43,44)25-8-9-30-31(15-25)50-22-49-30)16-29(39)27(14-23-6-4-3-5-7-23)38(34(41)42)28-19-48-32-26(28)10-13-47-32/h3-9,15,24,26-29,32,39H,10-14,16-22H2,1-2H3,(H,36,40)(H,41,42)/p-1/t26-,27-,28-,29+,32+/m0/s1. The number of hydrogen-bond donors (Lipinski definition) is 2. The molecule has 52 heavy (non-hydrogen) atoms. The summed E-state index contributed by atoms with van der Waals surface area (Å²) in [4.78, 5) is 26.4. The molecule has 2 amide bonds. The van der Waals surface area contributed by atoms with E-state index in [-0.39, 0.29) is 69.5 Å². The van der Waals surface area contributed by atoms with Gasteiger partial charge in [0, 0.05) is 31.6 Å². The van der Waals surface area contributed by atoms with Crippen LogP contribution in [0.1, 0.15) is 32.3 Å². The SMILES string of the molecule is CC(C)(CCNC(=O)OC1COCOC1)CN(C[C@@H](O)[C@H](Cc1ccccc1)N(C(=O)[O-])[C@H]1CO[C@H]2OCC[C@H]21)S(=O)(=O)c1ccc2c(c1)OCO2. The maximum atomic E-state index is 14.5. The Balaban J connectivity index is 1.25. The van der Waals surface area contributed by atoms with Gasteiger partial charge in [0.25, 0.3) is 0 Å². The first kappa shape index (κ1) is 38.0. The molecular weight excluding hydrogens is 702 g/mol. The van der Waals surface area contributed by atoms with Gasteiger partial charge >= 0.3 is 6.09 Å². The van der Waals surface area contributed by atoms with E-state index in [1.807, 2.05) is 32.0 Å². The Kier molecular flexibility index (Phi) is 12.1. The van der Waals surface area contributed by atoms with E-state index in [9.17, 15) is 28.2 Å². The molecule has 0 saturated carbocycles. The molecule has 0 radical (unpaired) electrons. The molecule has 0 aliphatic carbocycles. The molecule has 17 heteroatoms. The van der Waals surface area contributed by atoms with Gasteiger partial charge in [0.1, 0.15) is 12.9 Å². The van der Waals surface area contributed by atoms with Crippen LogP contribution in [0.15, 0.2) is 53.4 Å². The quantitative estimate of drug-likeness (QED) is 0.265. The Bertz CT molecular complexity index is 1640. The van der Waals surface area contributed by atoms with E-state index in [1.54, 1.807) is 12.1 Å². The number of amides is 2. The summed E-state index contributed by atoms with van der Waals surface area (Å²) in [5.41, 5.74) is -0.0183. The Morgan fingerprint density at radius 3 is 2.54 bits per heavy atom. The lowest BCUT2D eigenvalue weighted by atomic mass is 9.89. The number of rotatable bonds is 15. The second kappa shape index (κ2) is 16.5. The van der Waals surface area contributed by atoms with Crippen LogP contribution in [0.5, 0.6) is 11.5 Å². The molecule has 0 bridgehead atoms. The van der Waals surface area contributed by atoms with E-state index in [4.69, 9.17) is 33.2 Å². The van der Waals surface area contributed by atoms with E-state index >= 15 is 0 Å². The van der Waals surface area contributed by atoms with Crippen LogP contribution in [-0.4, -0.2) is 125 Å². The third-order valence-corrected chi connectivity index (χ3v) is 11.6. The molecule has 16 nitrogen and oxygen atoms in total. The normalized spacial score (nSPS) is 22.9. The number of nitrogens with zero attached hydrogens (tertiary/aromatic N) is 2. The second-order valence-electron chi connectivity index (χ2n) is 14.1. The average Bonchev–Trinajstić information content (AvgIpc) is 3.87.